The number of hydrogen-bond donors (Lipinski definition) is 1. The maximum absolute atomic E-state index is 12.5. The molecule has 1 aromatic heterocycles. The number of H-pyrrole nitrogens is 1. The molecule has 3 aromatic rings. The predicted molar refractivity (Wildman–Crippen MR) is 81.6 cm³/mol. The highest BCUT2D eigenvalue weighted by molar-refractivity contribution is 5.80. The highest BCUT2D eigenvalue weighted by Gasteiger charge is 2.16. The normalized spacial score (nSPS) is 10.7. The Kier molecular flexibility index (Phi) is 3.25. The van der Waals surface area contributed by atoms with E-state index in [0.29, 0.717) is 6.54 Å². The van der Waals surface area contributed by atoms with E-state index >= 15 is 0 Å². The highest BCUT2D eigenvalue weighted by Crippen LogP contribution is 2.27. The van der Waals surface area contributed by atoms with Gasteiger partial charge in [-0.3, -0.25) is 14.6 Å². The zero-order valence-corrected chi connectivity index (χ0v) is 11.3. The number of benzene rings is 2. The third-order valence-corrected chi connectivity index (χ3v) is 3.40. The zero-order valence-electron chi connectivity index (χ0n) is 11.3. The van der Waals surface area contributed by atoms with Crippen LogP contribution in [0.25, 0.3) is 22.4 Å². The van der Waals surface area contributed by atoms with E-state index in [0.717, 1.165) is 22.4 Å². The largest absolute Gasteiger partial charge is 0.294 e. The van der Waals surface area contributed by atoms with E-state index in [9.17, 15) is 4.79 Å². The minimum Gasteiger partial charge on any atom is -0.294 e. The molecule has 100 valence electrons. The molecule has 0 radical (unpaired) electrons. The SMILES string of the molecule is CCn1[nH]c(-c2ccccc2)c(-c2ccccc2)c1=O. The van der Waals surface area contributed by atoms with Crippen molar-refractivity contribution in [3.8, 4) is 22.4 Å². The number of aromatic nitrogens is 2. The Balaban J connectivity index is 2.28. The van der Waals surface area contributed by atoms with Gasteiger partial charge in [-0.2, -0.15) is 0 Å². The predicted octanol–water partition coefficient (Wildman–Crippen LogP) is 3.53. The van der Waals surface area contributed by atoms with Crippen molar-refractivity contribution in [2.45, 2.75) is 13.5 Å². The first kappa shape index (κ1) is 12.5. The topological polar surface area (TPSA) is 37.8 Å². The summed E-state index contributed by atoms with van der Waals surface area (Å²) < 4.78 is 1.64. The Labute approximate surface area is 117 Å². The van der Waals surface area contributed by atoms with E-state index < -0.39 is 0 Å². The quantitative estimate of drug-likeness (QED) is 0.772. The summed E-state index contributed by atoms with van der Waals surface area (Å²) in [6, 6.07) is 19.7. The van der Waals surface area contributed by atoms with Crippen LogP contribution >= 0.6 is 0 Å². The standard InChI is InChI=1S/C17H16N2O/c1-2-19-17(20)15(13-9-5-3-6-10-13)16(18-19)14-11-7-4-8-12-14/h3-12,18H,2H2,1H3. The van der Waals surface area contributed by atoms with Crippen molar-refractivity contribution in [1.82, 2.24) is 9.78 Å². The number of nitrogens with zero attached hydrogens (tertiary/aromatic N) is 1. The lowest BCUT2D eigenvalue weighted by Gasteiger charge is -2.02. The molecule has 0 aliphatic rings. The third kappa shape index (κ3) is 2.07. The van der Waals surface area contributed by atoms with Crippen molar-refractivity contribution in [3.63, 3.8) is 0 Å². The monoisotopic (exact) mass is 264 g/mol. The van der Waals surface area contributed by atoms with Crippen LogP contribution in [-0.2, 0) is 6.54 Å². The lowest BCUT2D eigenvalue weighted by Crippen LogP contribution is -2.16. The summed E-state index contributed by atoms with van der Waals surface area (Å²) >= 11 is 0. The minimum atomic E-state index is 0.0255. The van der Waals surface area contributed by atoms with Crippen molar-refractivity contribution < 1.29 is 0 Å². The maximum Gasteiger partial charge on any atom is 0.274 e. The fraction of sp³-hybridized carbons (Fsp3) is 0.118. The molecular formula is C17H16N2O. The molecule has 3 nitrogen and oxygen atoms in total. The second-order valence-corrected chi connectivity index (χ2v) is 4.64. The molecule has 0 spiro atoms. The van der Waals surface area contributed by atoms with Crippen LogP contribution in [0.4, 0.5) is 0 Å². The van der Waals surface area contributed by atoms with Crippen LogP contribution in [0.15, 0.2) is 65.5 Å². The minimum absolute atomic E-state index is 0.0255. The van der Waals surface area contributed by atoms with Crippen LogP contribution < -0.4 is 5.56 Å². The summed E-state index contributed by atoms with van der Waals surface area (Å²) in [6.07, 6.45) is 0. The van der Waals surface area contributed by atoms with Gasteiger partial charge in [0.2, 0.25) is 0 Å². The van der Waals surface area contributed by atoms with Gasteiger partial charge in [0, 0.05) is 12.1 Å². The maximum atomic E-state index is 12.5. The summed E-state index contributed by atoms with van der Waals surface area (Å²) in [6.45, 7) is 2.59. The number of hydrogen-bond acceptors (Lipinski definition) is 1. The van der Waals surface area contributed by atoms with Crippen molar-refractivity contribution >= 4 is 0 Å². The van der Waals surface area contributed by atoms with Crippen LogP contribution in [-0.4, -0.2) is 9.78 Å². The molecule has 0 amide bonds. The fourth-order valence-corrected chi connectivity index (χ4v) is 2.39. The fourth-order valence-electron chi connectivity index (χ4n) is 2.39. The Morgan fingerprint density at radius 2 is 1.45 bits per heavy atom. The van der Waals surface area contributed by atoms with Crippen LogP contribution in [0.5, 0.6) is 0 Å². The van der Waals surface area contributed by atoms with E-state index in [-0.39, 0.29) is 5.56 Å². The molecule has 0 saturated carbocycles. The molecule has 3 heteroatoms. The second-order valence-electron chi connectivity index (χ2n) is 4.64. The van der Waals surface area contributed by atoms with Gasteiger partial charge in [-0.1, -0.05) is 60.7 Å². The van der Waals surface area contributed by atoms with E-state index in [2.05, 4.69) is 5.10 Å². The summed E-state index contributed by atoms with van der Waals surface area (Å²) in [5.41, 5.74) is 3.61. The molecule has 2 aromatic carbocycles. The van der Waals surface area contributed by atoms with E-state index in [1.807, 2.05) is 67.6 Å². The Morgan fingerprint density at radius 1 is 0.900 bits per heavy atom. The molecule has 0 unspecified atom stereocenters. The lowest BCUT2D eigenvalue weighted by atomic mass is 10.0. The van der Waals surface area contributed by atoms with Crippen LogP contribution in [0.2, 0.25) is 0 Å². The molecule has 1 heterocycles. The second kappa shape index (κ2) is 5.21. The van der Waals surface area contributed by atoms with Crippen LogP contribution in [0.3, 0.4) is 0 Å². The molecule has 0 aliphatic heterocycles. The Bertz CT molecular complexity index is 755. The van der Waals surface area contributed by atoms with Crippen molar-refractivity contribution in [2.24, 2.45) is 0 Å². The number of rotatable bonds is 3. The van der Waals surface area contributed by atoms with Gasteiger partial charge < -0.3 is 0 Å². The molecule has 0 bridgehead atoms. The summed E-state index contributed by atoms with van der Waals surface area (Å²) in [7, 11) is 0. The summed E-state index contributed by atoms with van der Waals surface area (Å²) in [4.78, 5) is 12.5. The molecule has 0 saturated heterocycles. The molecule has 0 fully saturated rings. The first-order valence-corrected chi connectivity index (χ1v) is 6.75. The van der Waals surface area contributed by atoms with Crippen molar-refractivity contribution in [1.29, 1.82) is 0 Å². The molecule has 1 N–H and O–H groups in total. The van der Waals surface area contributed by atoms with Gasteiger partial charge in [-0.15, -0.1) is 0 Å². The van der Waals surface area contributed by atoms with Crippen molar-refractivity contribution in [2.75, 3.05) is 0 Å². The smallest absolute Gasteiger partial charge is 0.274 e. The number of aromatic amines is 1. The van der Waals surface area contributed by atoms with Gasteiger partial charge in [-0.05, 0) is 12.5 Å². The molecular weight excluding hydrogens is 248 g/mol. The van der Waals surface area contributed by atoms with Gasteiger partial charge >= 0.3 is 0 Å². The van der Waals surface area contributed by atoms with E-state index in [4.69, 9.17) is 0 Å². The first-order valence-electron chi connectivity index (χ1n) is 6.75. The van der Waals surface area contributed by atoms with Gasteiger partial charge in [0.15, 0.2) is 0 Å². The zero-order chi connectivity index (χ0) is 13.9. The number of nitrogens with one attached hydrogen (secondary N) is 1. The third-order valence-electron chi connectivity index (χ3n) is 3.40. The van der Waals surface area contributed by atoms with Crippen LogP contribution in [0.1, 0.15) is 6.92 Å². The van der Waals surface area contributed by atoms with Gasteiger partial charge in [-0.25, -0.2) is 0 Å². The summed E-state index contributed by atoms with van der Waals surface area (Å²) in [5, 5.41) is 3.22. The Morgan fingerprint density at radius 3 is 2.00 bits per heavy atom. The molecule has 20 heavy (non-hydrogen) atoms. The van der Waals surface area contributed by atoms with Crippen molar-refractivity contribution in [3.05, 3.63) is 71.0 Å². The summed E-state index contributed by atoms with van der Waals surface area (Å²) in [5.74, 6) is 0. The molecule has 0 atom stereocenters. The Hall–Kier alpha value is -2.55. The van der Waals surface area contributed by atoms with E-state index in [1.165, 1.54) is 0 Å². The van der Waals surface area contributed by atoms with E-state index in [1.54, 1.807) is 4.68 Å². The average molecular weight is 264 g/mol. The number of aryl methyl sites for hydroxylation is 1. The van der Waals surface area contributed by atoms with Crippen LogP contribution in [0, 0.1) is 0 Å². The van der Waals surface area contributed by atoms with Gasteiger partial charge in [0.05, 0.1) is 11.3 Å². The molecule has 0 aliphatic carbocycles. The lowest BCUT2D eigenvalue weighted by molar-refractivity contribution is 0.640. The molecule has 3 rings (SSSR count). The van der Waals surface area contributed by atoms with Gasteiger partial charge in [0.25, 0.3) is 5.56 Å². The highest BCUT2D eigenvalue weighted by atomic mass is 16.1. The average Bonchev–Trinajstić information content (AvgIpc) is 2.86. The first-order chi connectivity index (χ1) is 9.81. The van der Waals surface area contributed by atoms with Gasteiger partial charge in [0.1, 0.15) is 0 Å².